The quantitative estimate of drug-likeness (QED) is 0.856. The number of likely N-dealkylation sites (N-methyl/N-ethyl adjacent to an activating group) is 1. The Balaban J connectivity index is 2.03. The summed E-state index contributed by atoms with van der Waals surface area (Å²) in [4.78, 5) is 19.9. The standard InChI is InChI=1S/C13H20N4O/c1-3-14-13-11(5-4-6-15-13)9-17-8-7-16(2)12(18)10-17/h4-6H,3,7-10H2,1-2H3,(H,14,15). The van der Waals surface area contributed by atoms with E-state index < -0.39 is 0 Å². The average molecular weight is 248 g/mol. The number of nitrogens with zero attached hydrogens (tertiary/aromatic N) is 3. The van der Waals surface area contributed by atoms with Gasteiger partial charge in [-0.05, 0) is 13.0 Å². The number of anilines is 1. The average Bonchev–Trinajstić information content (AvgIpc) is 2.37. The van der Waals surface area contributed by atoms with Crippen LogP contribution in [0.3, 0.4) is 0 Å². The minimum Gasteiger partial charge on any atom is -0.370 e. The van der Waals surface area contributed by atoms with Crippen molar-refractivity contribution in [2.24, 2.45) is 0 Å². The van der Waals surface area contributed by atoms with Gasteiger partial charge in [0.15, 0.2) is 0 Å². The first-order chi connectivity index (χ1) is 8.70. The van der Waals surface area contributed by atoms with E-state index in [9.17, 15) is 4.79 Å². The van der Waals surface area contributed by atoms with Gasteiger partial charge in [0.2, 0.25) is 5.91 Å². The molecular formula is C13H20N4O. The predicted molar refractivity (Wildman–Crippen MR) is 71.3 cm³/mol. The Bertz CT molecular complexity index is 421. The molecule has 1 N–H and O–H groups in total. The molecule has 98 valence electrons. The van der Waals surface area contributed by atoms with E-state index in [1.165, 1.54) is 0 Å². The van der Waals surface area contributed by atoms with Gasteiger partial charge in [0.05, 0.1) is 6.54 Å². The van der Waals surface area contributed by atoms with Crippen molar-refractivity contribution in [3.05, 3.63) is 23.9 Å². The number of carbonyl (C=O) groups is 1. The van der Waals surface area contributed by atoms with E-state index in [2.05, 4.69) is 28.2 Å². The zero-order chi connectivity index (χ0) is 13.0. The lowest BCUT2D eigenvalue weighted by Crippen LogP contribution is -2.48. The van der Waals surface area contributed by atoms with E-state index >= 15 is 0 Å². The molecule has 1 aliphatic heterocycles. The molecule has 5 nitrogen and oxygen atoms in total. The molecule has 2 heterocycles. The number of nitrogens with one attached hydrogen (secondary N) is 1. The van der Waals surface area contributed by atoms with Crippen LogP contribution in [0.4, 0.5) is 5.82 Å². The lowest BCUT2D eigenvalue weighted by Gasteiger charge is -2.32. The van der Waals surface area contributed by atoms with Crippen molar-refractivity contribution in [1.29, 1.82) is 0 Å². The molecule has 0 spiro atoms. The largest absolute Gasteiger partial charge is 0.370 e. The Morgan fingerprint density at radius 3 is 3.00 bits per heavy atom. The van der Waals surface area contributed by atoms with E-state index in [1.54, 1.807) is 11.1 Å². The highest BCUT2D eigenvalue weighted by Gasteiger charge is 2.21. The molecule has 0 radical (unpaired) electrons. The maximum Gasteiger partial charge on any atom is 0.236 e. The van der Waals surface area contributed by atoms with Crippen molar-refractivity contribution >= 4 is 11.7 Å². The molecule has 1 amide bonds. The van der Waals surface area contributed by atoms with Crippen molar-refractivity contribution in [1.82, 2.24) is 14.8 Å². The highest BCUT2D eigenvalue weighted by atomic mass is 16.2. The van der Waals surface area contributed by atoms with Crippen LogP contribution in [0.15, 0.2) is 18.3 Å². The molecule has 18 heavy (non-hydrogen) atoms. The first kappa shape index (κ1) is 12.8. The van der Waals surface area contributed by atoms with Crippen molar-refractivity contribution in [2.75, 3.05) is 38.5 Å². The molecule has 5 heteroatoms. The summed E-state index contributed by atoms with van der Waals surface area (Å²) in [6.45, 7) is 5.90. The third-order valence-corrected chi connectivity index (χ3v) is 3.17. The number of pyridine rings is 1. The molecule has 0 atom stereocenters. The maximum absolute atomic E-state index is 11.7. The third kappa shape index (κ3) is 2.98. The second-order valence-corrected chi connectivity index (χ2v) is 4.57. The Labute approximate surface area is 108 Å². The fourth-order valence-corrected chi connectivity index (χ4v) is 2.08. The molecule has 1 aromatic rings. The molecule has 0 unspecified atom stereocenters. The van der Waals surface area contributed by atoms with Crippen molar-refractivity contribution in [3.63, 3.8) is 0 Å². The van der Waals surface area contributed by atoms with Gasteiger partial charge in [-0.1, -0.05) is 6.07 Å². The SMILES string of the molecule is CCNc1ncccc1CN1CCN(C)C(=O)C1. The summed E-state index contributed by atoms with van der Waals surface area (Å²) in [6.07, 6.45) is 1.79. The van der Waals surface area contributed by atoms with Crippen LogP contribution in [0.5, 0.6) is 0 Å². The second kappa shape index (κ2) is 5.82. The fraction of sp³-hybridized carbons (Fsp3) is 0.538. The molecular weight excluding hydrogens is 228 g/mol. The number of carbonyl (C=O) groups excluding carboxylic acids is 1. The van der Waals surface area contributed by atoms with Crippen LogP contribution >= 0.6 is 0 Å². The number of hydrogen-bond donors (Lipinski definition) is 1. The summed E-state index contributed by atoms with van der Waals surface area (Å²) in [7, 11) is 1.85. The highest BCUT2D eigenvalue weighted by molar-refractivity contribution is 5.78. The van der Waals surface area contributed by atoms with Crippen LogP contribution < -0.4 is 5.32 Å². The van der Waals surface area contributed by atoms with E-state index in [0.717, 1.165) is 37.6 Å². The fourth-order valence-electron chi connectivity index (χ4n) is 2.08. The zero-order valence-electron chi connectivity index (χ0n) is 11.0. The van der Waals surface area contributed by atoms with E-state index in [-0.39, 0.29) is 5.91 Å². The Hall–Kier alpha value is -1.62. The van der Waals surface area contributed by atoms with Gasteiger partial charge >= 0.3 is 0 Å². The van der Waals surface area contributed by atoms with Gasteiger partial charge in [-0.25, -0.2) is 4.98 Å². The molecule has 0 bridgehead atoms. The lowest BCUT2D eigenvalue weighted by atomic mass is 10.2. The normalized spacial score (nSPS) is 17.0. The predicted octanol–water partition coefficient (Wildman–Crippen LogP) is 0.787. The van der Waals surface area contributed by atoms with Crippen molar-refractivity contribution in [2.45, 2.75) is 13.5 Å². The number of piperazine rings is 1. The van der Waals surface area contributed by atoms with Gasteiger partial charge in [0.25, 0.3) is 0 Å². The van der Waals surface area contributed by atoms with Crippen LogP contribution in [0.2, 0.25) is 0 Å². The zero-order valence-corrected chi connectivity index (χ0v) is 11.0. The summed E-state index contributed by atoms with van der Waals surface area (Å²) in [5.41, 5.74) is 1.15. The summed E-state index contributed by atoms with van der Waals surface area (Å²) < 4.78 is 0. The first-order valence-corrected chi connectivity index (χ1v) is 6.34. The Morgan fingerprint density at radius 2 is 2.28 bits per heavy atom. The van der Waals surface area contributed by atoms with Gasteiger partial charge in [0.1, 0.15) is 5.82 Å². The number of aromatic nitrogens is 1. The lowest BCUT2D eigenvalue weighted by molar-refractivity contribution is -0.134. The summed E-state index contributed by atoms with van der Waals surface area (Å²) >= 11 is 0. The van der Waals surface area contributed by atoms with E-state index in [1.807, 2.05) is 13.1 Å². The number of hydrogen-bond acceptors (Lipinski definition) is 4. The topological polar surface area (TPSA) is 48.5 Å². The van der Waals surface area contributed by atoms with Crippen LogP contribution in [0, 0.1) is 0 Å². The second-order valence-electron chi connectivity index (χ2n) is 4.57. The molecule has 1 fully saturated rings. The minimum atomic E-state index is 0.190. The first-order valence-electron chi connectivity index (χ1n) is 6.34. The molecule has 0 aliphatic carbocycles. The molecule has 1 aliphatic rings. The molecule has 1 aromatic heterocycles. The summed E-state index contributed by atoms with van der Waals surface area (Å²) in [5.74, 6) is 1.11. The number of amides is 1. The van der Waals surface area contributed by atoms with Crippen molar-refractivity contribution in [3.8, 4) is 0 Å². The minimum absolute atomic E-state index is 0.190. The van der Waals surface area contributed by atoms with Crippen LogP contribution in [-0.2, 0) is 11.3 Å². The smallest absolute Gasteiger partial charge is 0.236 e. The van der Waals surface area contributed by atoms with Gasteiger partial charge < -0.3 is 10.2 Å². The van der Waals surface area contributed by atoms with Gasteiger partial charge in [-0.3, -0.25) is 9.69 Å². The van der Waals surface area contributed by atoms with Gasteiger partial charge in [-0.2, -0.15) is 0 Å². The van der Waals surface area contributed by atoms with E-state index in [0.29, 0.717) is 6.54 Å². The number of rotatable bonds is 4. The summed E-state index contributed by atoms with van der Waals surface area (Å²) in [5, 5.41) is 3.25. The van der Waals surface area contributed by atoms with E-state index in [4.69, 9.17) is 0 Å². The van der Waals surface area contributed by atoms with Crippen LogP contribution in [0.25, 0.3) is 0 Å². The monoisotopic (exact) mass is 248 g/mol. The Kier molecular flexibility index (Phi) is 4.15. The van der Waals surface area contributed by atoms with Crippen LogP contribution in [-0.4, -0.2) is 53.9 Å². The molecule has 2 rings (SSSR count). The molecule has 0 saturated carbocycles. The highest BCUT2D eigenvalue weighted by Crippen LogP contribution is 2.15. The van der Waals surface area contributed by atoms with Gasteiger partial charge in [0, 0.05) is 45.0 Å². The third-order valence-electron chi connectivity index (χ3n) is 3.17. The Morgan fingerprint density at radius 1 is 1.44 bits per heavy atom. The maximum atomic E-state index is 11.7. The molecule has 0 aromatic carbocycles. The van der Waals surface area contributed by atoms with Gasteiger partial charge in [-0.15, -0.1) is 0 Å². The van der Waals surface area contributed by atoms with Crippen molar-refractivity contribution < 1.29 is 4.79 Å². The van der Waals surface area contributed by atoms with Crippen LogP contribution in [0.1, 0.15) is 12.5 Å². The summed E-state index contributed by atoms with van der Waals surface area (Å²) in [6, 6.07) is 4.00. The molecule has 1 saturated heterocycles.